The van der Waals surface area contributed by atoms with Crippen molar-refractivity contribution < 1.29 is 0 Å². The van der Waals surface area contributed by atoms with Crippen molar-refractivity contribution in [2.75, 3.05) is 39.3 Å². The van der Waals surface area contributed by atoms with Crippen LogP contribution in [0, 0.1) is 0 Å². The lowest BCUT2D eigenvalue weighted by molar-refractivity contribution is 0.137. The zero-order valence-corrected chi connectivity index (χ0v) is 11.0. The summed E-state index contributed by atoms with van der Waals surface area (Å²) in [5.74, 6) is 0. The Labute approximate surface area is 110 Å². The van der Waals surface area contributed by atoms with E-state index in [1.807, 2.05) is 6.08 Å². The lowest BCUT2D eigenvalue weighted by atomic mass is 10.2. The third-order valence-corrected chi connectivity index (χ3v) is 3.38. The summed E-state index contributed by atoms with van der Waals surface area (Å²) < 4.78 is 0. The van der Waals surface area contributed by atoms with E-state index in [0.717, 1.165) is 39.3 Å². The second kappa shape index (κ2) is 7.31. The molecule has 1 aromatic carbocycles. The monoisotopic (exact) mass is 245 g/mol. The summed E-state index contributed by atoms with van der Waals surface area (Å²) in [6, 6.07) is 10.7. The Morgan fingerprint density at radius 1 is 0.944 bits per heavy atom. The summed E-state index contributed by atoms with van der Waals surface area (Å²) in [7, 11) is 0. The van der Waals surface area contributed by atoms with E-state index in [1.54, 1.807) is 0 Å². The maximum Gasteiger partial charge on any atom is 0.0234 e. The SMILES string of the molecule is NCC=CCN1CCN(Cc2ccccc2)CC1. The van der Waals surface area contributed by atoms with Crippen LogP contribution in [0.3, 0.4) is 0 Å². The molecule has 2 N–H and O–H groups in total. The van der Waals surface area contributed by atoms with E-state index in [-0.39, 0.29) is 0 Å². The van der Waals surface area contributed by atoms with Crippen LogP contribution < -0.4 is 5.73 Å². The quantitative estimate of drug-likeness (QED) is 0.794. The normalized spacial score (nSPS) is 18.5. The molecule has 3 heteroatoms. The molecule has 98 valence electrons. The van der Waals surface area contributed by atoms with Gasteiger partial charge in [0.1, 0.15) is 0 Å². The van der Waals surface area contributed by atoms with Crippen LogP contribution in [0.4, 0.5) is 0 Å². The first-order valence-electron chi connectivity index (χ1n) is 6.72. The molecule has 2 rings (SSSR count). The molecule has 0 bridgehead atoms. The summed E-state index contributed by atoms with van der Waals surface area (Å²) in [5, 5.41) is 0. The molecular formula is C15H23N3. The number of hydrogen-bond acceptors (Lipinski definition) is 3. The zero-order valence-electron chi connectivity index (χ0n) is 11.0. The molecule has 1 aromatic rings. The first kappa shape index (κ1) is 13.3. The van der Waals surface area contributed by atoms with Crippen LogP contribution in [-0.4, -0.2) is 49.1 Å². The Bertz CT molecular complexity index is 353. The number of rotatable bonds is 5. The molecule has 1 aliphatic heterocycles. The zero-order chi connectivity index (χ0) is 12.6. The molecule has 0 amide bonds. The van der Waals surface area contributed by atoms with Gasteiger partial charge < -0.3 is 5.73 Å². The van der Waals surface area contributed by atoms with E-state index in [9.17, 15) is 0 Å². The first-order chi connectivity index (χ1) is 8.88. The Kier molecular flexibility index (Phi) is 5.39. The molecule has 1 saturated heterocycles. The first-order valence-corrected chi connectivity index (χ1v) is 6.72. The minimum Gasteiger partial charge on any atom is -0.327 e. The third kappa shape index (κ3) is 4.26. The Morgan fingerprint density at radius 2 is 1.61 bits per heavy atom. The van der Waals surface area contributed by atoms with Crippen molar-refractivity contribution in [2.45, 2.75) is 6.54 Å². The summed E-state index contributed by atoms with van der Waals surface area (Å²) in [6.07, 6.45) is 4.21. The summed E-state index contributed by atoms with van der Waals surface area (Å²) >= 11 is 0. The third-order valence-electron chi connectivity index (χ3n) is 3.38. The standard InChI is InChI=1S/C15H23N3/c16-8-4-5-9-17-10-12-18(13-11-17)14-15-6-2-1-3-7-15/h1-7H,8-14,16H2. The van der Waals surface area contributed by atoms with Gasteiger partial charge in [-0.05, 0) is 5.56 Å². The van der Waals surface area contributed by atoms with Crippen LogP contribution >= 0.6 is 0 Å². The van der Waals surface area contributed by atoms with Gasteiger partial charge >= 0.3 is 0 Å². The predicted molar refractivity (Wildman–Crippen MR) is 76.4 cm³/mol. The Morgan fingerprint density at radius 3 is 2.28 bits per heavy atom. The molecular weight excluding hydrogens is 222 g/mol. The smallest absolute Gasteiger partial charge is 0.0234 e. The van der Waals surface area contributed by atoms with Crippen molar-refractivity contribution in [3.8, 4) is 0 Å². The van der Waals surface area contributed by atoms with E-state index in [2.05, 4.69) is 46.2 Å². The van der Waals surface area contributed by atoms with Crippen LogP contribution in [0.25, 0.3) is 0 Å². The molecule has 1 fully saturated rings. The molecule has 0 radical (unpaired) electrons. The van der Waals surface area contributed by atoms with E-state index >= 15 is 0 Å². The molecule has 18 heavy (non-hydrogen) atoms. The molecule has 0 saturated carbocycles. The maximum absolute atomic E-state index is 5.44. The average Bonchev–Trinajstić information content (AvgIpc) is 2.42. The van der Waals surface area contributed by atoms with Crippen molar-refractivity contribution in [3.05, 3.63) is 48.0 Å². The van der Waals surface area contributed by atoms with Gasteiger partial charge in [-0.1, -0.05) is 42.5 Å². The van der Waals surface area contributed by atoms with Crippen molar-refractivity contribution in [3.63, 3.8) is 0 Å². The minimum atomic E-state index is 0.647. The lowest BCUT2D eigenvalue weighted by Gasteiger charge is -2.34. The Balaban J connectivity index is 1.72. The highest BCUT2D eigenvalue weighted by Crippen LogP contribution is 2.08. The van der Waals surface area contributed by atoms with E-state index in [1.165, 1.54) is 5.56 Å². The molecule has 0 aliphatic carbocycles. The molecule has 1 heterocycles. The van der Waals surface area contributed by atoms with Crippen LogP contribution in [0.2, 0.25) is 0 Å². The van der Waals surface area contributed by atoms with Gasteiger partial charge in [-0.15, -0.1) is 0 Å². The van der Waals surface area contributed by atoms with Crippen molar-refractivity contribution in [1.29, 1.82) is 0 Å². The van der Waals surface area contributed by atoms with Crippen LogP contribution in [0.15, 0.2) is 42.5 Å². The van der Waals surface area contributed by atoms with Crippen molar-refractivity contribution in [2.24, 2.45) is 5.73 Å². The second-order valence-electron chi connectivity index (χ2n) is 4.77. The lowest BCUT2D eigenvalue weighted by Crippen LogP contribution is -2.45. The summed E-state index contributed by atoms with van der Waals surface area (Å²) in [4.78, 5) is 5.01. The number of nitrogens with two attached hydrogens (primary N) is 1. The number of piperazine rings is 1. The van der Waals surface area contributed by atoms with Crippen LogP contribution in [-0.2, 0) is 6.54 Å². The average molecular weight is 245 g/mol. The highest BCUT2D eigenvalue weighted by Gasteiger charge is 2.15. The van der Waals surface area contributed by atoms with Gasteiger partial charge in [-0.3, -0.25) is 9.80 Å². The van der Waals surface area contributed by atoms with Crippen LogP contribution in [0.1, 0.15) is 5.56 Å². The molecule has 0 spiro atoms. The number of nitrogens with zero attached hydrogens (tertiary/aromatic N) is 2. The van der Waals surface area contributed by atoms with Gasteiger partial charge in [0.25, 0.3) is 0 Å². The van der Waals surface area contributed by atoms with Gasteiger partial charge in [-0.2, -0.15) is 0 Å². The van der Waals surface area contributed by atoms with Crippen molar-refractivity contribution in [1.82, 2.24) is 9.80 Å². The fraction of sp³-hybridized carbons (Fsp3) is 0.467. The van der Waals surface area contributed by atoms with Gasteiger partial charge in [0.15, 0.2) is 0 Å². The van der Waals surface area contributed by atoms with Gasteiger partial charge in [-0.25, -0.2) is 0 Å². The number of benzene rings is 1. The predicted octanol–water partition coefficient (Wildman–Crippen LogP) is 1.32. The summed E-state index contributed by atoms with van der Waals surface area (Å²) in [5.41, 5.74) is 6.85. The fourth-order valence-electron chi connectivity index (χ4n) is 2.29. The van der Waals surface area contributed by atoms with Gasteiger partial charge in [0.05, 0.1) is 0 Å². The van der Waals surface area contributed by atoms with E-state index < -0.39 is 0 Å². The second-order valence-corrected chi connectivity index (χ2v) is 4.77. The number of hydrogen-bond donors (Lipinski definition) is 1. The molecule has 0 unspecified atom stereocenters. The highest BCUT2D eigenvalue weighted by atomic mass is 15.3. The molecule has 0 atom stereocenters. The van der Waals surface area contributed by atoms with Gasteiger partial charge in [0.2, 0.25) is 0 Å². The van der Waals surface area contributed by atoms with Crippen molar-refractivity contribution >= 4 is 0 Å². The Hall–Kier alpha value is -1.16. The topological polar surface area (TPSA) is 32.5 Å². The highest BCUT2D eigenvalue weighted by molar-refractivity contribution is 5.14. The van der Waals surface area contributed by atoms with E-state index in [4.69, 9.17) is 5.73 Å². The minimum absolute atomic E-state index is 0.647. The van der Waals surface area contributed by atoms with E-state index in [0.29, 0.717) is 6.54 Å². The molecule has 0 aromatic heterocycles. The van der Waals surface area contributed by atoms with Crippen LogP contribution in [0.5, 0.6) is 0 Å². The fourth-order valence-corrected chi connectivity index (χ4v) is 2.29. The molecule has 1 aliphatic rings. The largest absolute Gasteiger partial charge is 0.327 e. The summed E-state index contributed by atoms with van der Waals surface area (Å²) in [6.45, 7) is 7.39. The van der Waals surface area contributed by atoms with Gasteiger partial charge in [0, 0.05) is 45.8 Å². The molecule has 3 nitrogen and oxygen atoms in total. The maximum atomic E-state index is 5.44.